The number of rotatable bonds is 4. The lowest BCUT2D eigenvalue weighted by molar-refractivity contribution is -0.137. The maximum atomic E-state index is 13.4. The van der Waals surface area contributed by atoms with Gasteiger partial charge in [0.05, 0.1) is 5.41 Å². The molecule has 0 bridgehead atoms. The molecule has 1 aromatic carbocycles. The molecule has 0 spiro atoms. The largest absolute Gasteiger partial charge is 0.375 e. The molecule has 0 radical (unpaired) electrons. The lowest BCUT2D eigenvalue weighted by Crippen LogP contribution is -2.52. The predicted octanol–water partition coefficient (Wildman–Crippen LogP) is 2.04. The Morgan fingerprint density at radius 3 is 2.45 bits per heavy atom. The molecule has 1 N–H and O–H groups in total. The van der Waals surface area contributed by atoms with Crippen molar-refractivity contribution in [1.82, 2.24) is 25.0 Å². The fraction of sp³-hybridized carbons (Fsp3) is 0.545. The van der Waals surface area contributed by atoms with Crippen LogP contribution in [0.5, 0.6) is 0 Å². The van der Waals surface area contributed by atoms with Crippen molar-refractivity contribution in [3.63, 3.8) is 0 Å². The van der Waals surface area contributed by atoms with Crippen LogP contribution in [-0.2, 0) is 14.9 Å². The number of aromatic nitrogens is 3. The minimum atomic E-state index is -0.344. The summed E-state index contributed by atoms with van der Waals surface area (Å²) in [5.74, 6) is 1.60. The van der Waals surface area contributed by atoms with Crippen LogP contribution in [0.15, 0.2) is 18.2 Å². The molecular weight excluding hydrogens is 418 g/mol. The van der Waals surface area contributed by atoms with E-state index in [2.05, 4.69) is 21.2 Å². The molecule has 8 nitrogen and oxygen atoms in total. The lowest BCUT2D eigenvalue weighted by atomic mass is 9.72. The molecule has 3 heterocycles. The van der Waals surface area contributed by atoms with Gasteiger partial charge < -0.3 is 14.5 Å². The lowest BCUT2D eigenvalue weighted by Gasteiger charge is -2.41. The first-order valence-corrected chi connectivity index (χ1v) is 10.4. The Labute approximate surface area is 188 Å². The summed E-state index contributed by atoms with van der Waals surface area (Å²) in [5.41, 5.74) is 2.51. The molecule has 31 heavy (non-hydrogen) atoms. The van der Waals surface area contributed by atoms with E-state index in [9.17, 15) is 9.59 Å². The number of hydrogen-bond donors (Lipinski definition) is 1. The summed E-state index contributed by atoms with van der Waals surface area (Å²) in [6, 6.07) is 5.95. The van der Waals surface area contributed by atoms with Crippen LogP contribution in [0, 0.1) is 26.7 Å². The van der Waals surface area contributed by atoms with Crippen LogP contribution in [0.4, 0.5) is 0 Å². The van der Waals surface area contributed by atoms with E-state index < -0.39 is 0 Å². The van der Waals surface area contributed by atoms with Crippen molar-refractivity contribution in [2.24, 2.45) is 5.92 Å². The van der Waals surface area contributed by atoms with Crippen molar-refractivity contribution in [2.45, 2.75) is 32.6 Å². The average molecular weight is 448 g/mol. The number of likely N-dealkylation sites (tertiary alicyclic amines) is 2. The monoisotopic (exact) mass is 447 g/mol. The second-order valence-electron chi connectivity index (χ2n) is 8.68. The Kier molecular flexibility index (Phi) is 6.71. The summed E-state index contributed by atoms with van der Waals surface area (Å²) in [6.07, 6.45) is 0.723. The quantitative estimate of drug-likeness (QED) is 0.774. The summed E-state index contributed by atoms with van der Waals surface area (Å²) in [6.45, 7) is 8.29. The molecule has 168 valence electrons. The molecule has 0 saturated carbocycles. The molecule has 2 amide bonds. The van der Waals surface area contributed by atoms with Gasteiger partial charge in [0, 0.05) is 44.8 Å². The topological polar surface area (TPSA) is 91.4 Å². The minimum Gasteiger partial charge on any atom is -0.375 e. The number of carbonyl (C=O) groups is 2. The van der Waals surface area contributed by atoms with E-state index in [1.54, 1.807) is 0 Å². The molecule has 2 aliphatic rings. The number of fused-ring (bicyclic) bond motifs is 1. The van der Waals surface area contributed by atoms with Crippen molar-refractivity contribution in [2.75, 3.05) is 39.9 Å². The number of piperidine rings is 1. The zero-order chi connectivity index (χ0) is 21.5. The fourth-order valence-corrected chi connectivity index (χ4v) is 4.99. The number of hydrogen-bond acceptors (Lipinski definition) is 5. The first kappa shape index (κ1) is 23.2. The zero-order valence-electron chi connectivity index (χ0n) is 18.5. The van der Waals surface area contributed by atoms with Gasteiger partial charge >= 0.3 is 0 Å². The Bertz CT molecular complexity index is 958. The molecule has 4 rings (SSSR count). The predicted molar refractivity (Wildman–Crippen MR) is 118 cm³/mol. The molecule has 2 aliphatic heterocycles. The Balaban J connectivity index is 0.00000272. The number of carbonyl (C=O) groups excluding carboxylic acids is 2. The number of ether oxygens (including phenoxy) is 1. The molecular formula is C22H30ClN5O3. The fourth-order valence-electron chi connectivity index (χ4n) is 4.99. The highest BCUT2D eigenvalue weighted by Crippen LogP contribution is 2.44. The van der Waals surface area contributed by atoms with Gasteiger partial charge in [-0.25, -0.2) is 4.98 Å². The Hall–Kier alpha value is -2.45. The molecule has 2 aromatic rings. The second-order valence-corrected chi connectivity index (χ2v) is 8.68. The molecule has 2 saturated heterocycles. The van der Waals surface area contributed by atoms with Gasteiger partial charge in [-0.15, -0.1) is 12.4 Å². The number of methoxy groups -OCH3 is 1. The summed E-state index contributed by atoms with van der Waals surface area (Å²) >= 11 is 0. The number of amides is 2. The van der Waals surface area contributed by atoms with Gasteiger partial charge in [0.2, 0.25) is 5.91 Å². The number of H-pyrrole nitrogens is 1. The smallest absolute Gasteiger partial charge is 0.253 e. The van der Waals surface area contributed by atoms with Gasteiger partial charge in [0.25, 0.3) is 5.91 Å². The van der Waals surface area contributed by atoms with Crippen LogP contribution in [-0.4, -0.2) is 76.7 Å². The first-order valence-electron chi connectivity index (χ1n) is 10.4. The molecule has 0 aliphatic carbocycles. The van der Waals surface area contributed by atoms with Gasteiger partial charge in [-0.05, 0) is 39.3 Å². The van der Waals surface area contributed by atoms with E-state index in [0.717, 1.165) is 29.2 Å². The number of halogens is 1. The SMILES string of the molecule is COCC(=O)N1CC[C@@]2(c3n[nH]c(C)n3)CN(C(=O)c3cc(C)cc(C)c3)C[C@H]2C1.Cl. The van der Waals surface area contributed by atoms with Gasteiger partial charge in [0.15, 0.2) is 5.82 Å². The number of nitrogens with one attached hydrogen (secondary N) is 1. The van der Waals surface area contributed by atoms with E-state index in [1.807, 2.05) is 42.7 Å². The van der Waals surface area contributed by atoms with Crippen LogP contribution >= 0.6 is 12.4 Å². The van der Waals surface area contributed by atoms with Crippen molar-refractivity contribution in [3.8, 4) is 0 Å². The Morgan fingerprint density at radius 2 is 1.84 bits per heavy atom. The van der Waals surface area contributed by atoms with Crippen molar-refractivity contribution in [3.05, 3.63) is 46.5 Å². The van der Waals surface area contributed by atoms with Gasteiger partial charge in [0.1, 0.15) is 12.4 Å². The van der Waals surface area contributed by atoms with Crippen LogP contribution < -0.4 is 0 Å². The summed E-state index contributed by atoms with van der Waals surface area (Å²) in [4.78, 5) is 34.2. The van der Waals surface area contributed by atoms with E-state index in [1.165, 1.54) is 7.11 Å². The van der Waals surface area contributed by atoms with Crippen LogP contribution in [0.3, 0.4) is 0 Å². The highest BCUT2D eigenvalue weighted by atomic mass is 35.5. The zero-order valence-corrected chi connectivity index (χ0v) is 19.3. The average Bonchev–Trinajstić information content (AvgIpc) is 3.30. The van der Waals surface area contributed by atoms with Crippen molar-refractivity contribution in [1.29, 1.82) is 0 Å². The van der Waals surface area contributed by atoms with Crippen molar-refractivity contribution < 1.29 is 14.3 Å². The molecule has 1 aromatic heterocycles. The molecule has 2 fully saturated rings. The third-order valence-electron chi connectivity index (χ3n) is 6.38. The second kappa shape index (κ2) is 8.96. The Morgan fingerprint density at radius 1 is 1.16 bits per heavy atom. The standard InChI is InChI=1S/C22H29N5O3.ClH/c1-14-7-15(2)9-17(8-14)20(29)27-11-18-10-26(19(28)12-30-4)6-5-22(18,13-27)21-23-16(3)24-25-21;/h7-9,18H,5-6,10-13H2,1-4H3,(H,23,24,25);1H/t18-,22-;/m1./s1. The van der Waals surface area contributed by atoms with Crippen LogP contribution in [0.25, 0.3) is 0 Å². The molecule has 9 heteroatoms. The van der Waals surface area contributed by atoms with Gasteiger partial charge in [-0.2, -0.15) is 5.10 Å². The molecule has 0 unspecified atom stereocenters. The molecule has 2 atom stereocenters. The highest BCUT2D eigenvalue weighted by molar-refractivity contribution is 5.95. The normalized spacial score (nSPS) is 22.8. The van der Waals surface area contributed by atoms with Gasteiger partial charge in [-0.1, -0.05) is 17.2 Å². The first-order chi connectivity index (χ1) is 14.3. The van der Waals surface area contributed by atoms with E-state index in [0.29, 0.717) is 31.7 Å². The highest BCUT2D eigenvalue weighted by Gasteiger charge is 2.54. The van der Waals surface area contributed by atoms with E-state index in [4.69, 9.17) is 4.74 Å². The van der Waals surface area contributed by atoms with Crippen LogP contribution in [0.1, 0.15) is 39.6 Å². The third kappa shape index (κ3) is 4.32. The summed E-state index contributed by atoms with van der Waals surface area (Å²) in [5, 5.41) is 7.42. The number of aromatic amines is 1. The minimum absolute atomic E-state index is 0. The third-order valence-corrected chi connectivity index (χ3v) is 6.38. The van der Waals surface area contributed by atoms with Gasteiger partial charge in [-0.3, -0.25) is 14.7 Å². The number of benzene rings is 1. The maximum absolute atomic E-state index is 13.4. The van der Waals surface area contributed by atoms with Crippen LogP contribution in [0.2, 0.25) is 0 Å². The maximum Gasteiger partial charge on any atom is 0.253 e. The summed E-state index contributed by atoms with van der Waals surface area (Å²) in [7, 11) is 1.53. The van der Waals surface area contributed by atoms with Crippen molar-refractivity contribution >= 4 is 24.2 Å². The number of aryl methyl sites for hydroxylation is 3. The van der Waals surface area contributed by atoms with E-state index in [-0.39, 0.29) is 42.2 Å². The number of nitrogens with zero attached hydrogens (tertiary/aromatic N) is 4. The van der Waals surface area contributed by atoms with E-state index >= 15 is 0 Å². The summed E-state index contributed by atoms with van der Waals surface area (Å²) < 4.78 is 5.04.